The highest BCUT2D eigenvalue weighted by Crippen LogP contribution is 2.11. The van der Waals surface area contributed by atoms with Crippen molar-refractivity contribution in [1.29, 1.82) is 0 Å². The topological polar surface area (TPSA) is 58.6 Å². The van der Waals surface area contributed by atoms with Gasteiger partial charge in [-0.05, 0) is 6.92 Å². The quantitative estimate of drug-likeness (QED) is 0.716. The first-order valence-electron chi connectivity index (χ1n) is 3.76. The number of ketones is 1. The zero-order chi connectivity index (χ0) is 8.97. The molecule has 0 amide bonds. The number of Topliss-reactive ketones (excluding diaryl/α,β-unsaturated/α-hetero) is 1. The van der Waals surface area contributed by atoms with Crippen LogP contribution in [0.2, 0.25) is 0 Å². The van der Waals surface area contributed by atoms with Crippen LogP contribution in [0, 0.1) is 6.92 Å². The van der Waals surface area contributed by atoms with Gasteiger partial charge in [0.15, 0.2) is 0 Å². The zero-order valence-electron chi connectivity index (χ0n) is 7.13. The summed E-state index contributed by atoms with van der Waals surface area (Å²) in [5.74, 6) is 1.47. The van der Waals surface area contributed by atoms with E-state index in [1.807, 2.05) is 13.8 Å². The van der Waals surface area contributed by atoms with Crippen molar-refractivity contribution in [3.05, 3.63) is 5.82 Å². The lowest BCUT2D eigenvalue weighted by molar-refractivity contribution is -0.116. The fourth-order valence-corrected chi connectivity index (χ4v) is 1.44. The minimum Gasteiger partial charge on any atom is -0.299 e. The van der Waals surface area contributed by atoms with Gasteiger partial charge in [0, 0.05) is 6.42 Å². The van der Waals surface area contributed by atoms with E-state index >= 15 is 0 Å². The number of hydrogen-bond acceptors (Lipinski definition) is 4. The molecule has 1 heterocycles. The van der Waals surface area contributed by atoms with Crippen molar-refractivity contribution in [2.75, 3.05) is 5.75 Å². The molecule has 0 radical (unpaired) electrons. The molecule has 0 aliphatic rings. The lowest BCUT2D eigenvalue weighted by Gasteiger charge is -1.91. The Kier molecular flexibility index (Phi) is 3.28. The Morgan fingerprint density at radius 1 is 1.67 bits per heavy atom. The van der Waals surface area contributed by atoms with Crippen molar-refractivity contribution in [1.82, 2.24) is 15.2 Å². The summed E-state index contributed by atoms with van der Waals surface area (Å²) in [7, 11) is 0. The number of carbonyl (C=O) groups is 1. The van der Waals surface area contributed by atoms with Gasteiger partial charge in [0.2, 0.25) is 5.16 Å². The Bertz CT molecular complexity index is 271. The Balaban J connectivity index is 2.38. The summed E-state index contributed by atoms with van der Waals surface area (Å²) in [6, 6.07) is 0. The maximum atomic E-state index is 10.9. The summed E-state index contributed by atoms with van der Waals surface area (Å²) in [6.45, 7) is 3.69. The van der Waals surface area contributed by atoms with E-state index in [9.17, 15) is 4.79 Å². The van der Waals surface area contributed by atoms with Gasteiger partial charge >= 0.3 is 0 Å². The Hall–Kier alpha value is -0.840. The minimum absolute atomic E-state index is 0.224. The zero-order valence-corrected chi connectivity index (χ0v) is 7.94. The molecule has 1 aromatic rings. The van der Waals surface area contributed by atoms with E-state index < -0.39 is 0 Å². The highest BCUT2D eigenvalue weighted by atomic mass is 32.2. The summed E-state index contributed by atoms with van der Waals surface area (Å²) in [6.07, 6.45) is 0.580. The number of aromatic nitrogens is 3. The summed E-state index contributed by atoms with van der Waals surface area (Å²) in [4.78, 5) is 15.0. The molecule has 0 aromatic carbocycles. The number of hydrogen-bond donors (Lipinski definition) is 1. The first-order valence-corrected chi connectivity index (χ1v) is 4.74. The van der Waals surface area contributed by atoms with Crippen LogP contribution in [0.25, 0.3) is 0 Å². The molecule has 0 bridgehead atoms. The van der Waals surface area contributed by atoms with E-state index in [-0.39, 0.29) is 5.78 Å². The van der Waals surface area contributed by atoms with Crippen molar-refractivity contribution in [2.24, 2.45) is 0 Å². The van der Waals surface area contributed by atoms with Crippen molar-refractivity contribution in [3.63, 3.8) is 0 Å². The smallest absolute Gasteiger partial charge is 0.208 e. The summed E-state index contributed by atoms with van der Waals surface area (Å²) in [5.41, 5.74) is 0. The third-order valence-electron chi connectivity index (χ3n) is 1.33. The predicted octanol–water partition coefficient (Wildman–Crippen LogP) is 1.18. The van der Waals surface area contributed by atoms with E-state index in [1.165, 1.54) is 11.8 Å². The normalized spacial score (nSPS) is 10.2. The van der Waals surface area contributed by atoms with Crippen molar-refractivity contribution in [3.8, 4) is 0 Å². The maximum absolute atomic E-state index is 10.9. The minimum atomic E-state index is 0.224. The molecule has 0 unspecified atom stereocenters. The Labute approximate surface area is 75.2 Å². The monoisotopic (exact) mass is 185 g/mol. The Morgan fingerprint density at radius 3 is 2.92 bits per heavy atom. The SMILES string of the molecule is CCC(=O)CSc1n[nH]c(C)n1. The van der Waals surface area contributed by atoms with E-state index in [0.717, 1.165) is 5.82 Å². The number of thioether (sulfide) groups is 1. The molecule has 0 fully saturated rings. The van der Waals surface area contributed by atoms with Gasteiger partial charge in [-0.25, -0.2) is 4.98 Å². The number of aromatic amines is 1. The summed E-state index contributed by atoms with van der Waals surface area (Å²) in [5, 5.41) is 7.26. The van der Waals surface area contributed by atoms with Crippen LogP contribution < -0.4 is 0 Å². The van der Waals surface area contributed by atoms with E-state index in [2.05, 4.69) is 15.2 Å². The molecular formula is C7H11N3OS. The lowest BCUT2D eigenvalue weighted by atomic mass is 10.4. The van der Waals surface area contributed by atoms with Gasteiger partial charge in [-0.2, -0.15) is 0 Å². The van der Waals surface area contributed by atoms with Crippen molar-refractivity contribution < 1.29 is 4.79 Å². The average molecular weight is 185 g/mol. The van der Waals surface area contributed by atoms with Crippen LogP contribution in [-0.4, -0.2) is 26.7 Å². The number of aryl methyl sites for hydroxylation is 1. The second-order valence-corrected chi connectivity index (χ2v) is 3.33. The standard InChI is InChI=1S/C7H11N3OS/c1-3-6(11)4-12-7-8-5(2)9-10-7/h3-4H2,1-2H3,(H,8,9,10). The van der Waals surface area contributed by atoms with Crippen LogP contribution in [0.1, 0.15) is 19.2 Å². The highest BCUT2D eigenvalue weighted by molar-refractivity contribution is 7.99. The van der Waals surface area contributed by atoms with Gasteiger partial charge in [0.25, 0.3) is 0 Å². The molecule has 1 rings (SSSR count). The van der Waals surface area contributed by atoms with Gasteiger partial charge in [0.1, 0.15) is 11.6 Å². The van der Waals surface area contributed by atoms with Crippen molar-refractivity contribution in [2.45, 2.75) is 25.4 Å². The number of H-pyrrole nitrogens is 1. The molecule has 0 spiro atoms. The van der Waals surface area contributed by atoms with Gasteiger partial charge in [-0.3, -0.25) is 9.89 Å². The van der Waals surface area contributed by atoms with Crippen LogP contribution >= 0.6 is 11.8 Å². The van der Waals surface area contributed by atoms with Gasteiger partial charge in [0.05, 0.1) is 5.75 Å². The second kappa shape index (κ2) is 4.25. The molecule has 1 N–H and O–H groups in total. The van der Waals surface area contributed by atoms with Gasteiger partial charge < -0.3 is 0 Å². The lowest BCUT2D eigenvalue weighted by Crippen LogP contribution is -1.98. The summed E-state index contributed by atoms with van der Waals surface area (Å²) >= 11 is 1.37. The number of nitrogens with zero attached hydrogens (tertiary/aromatic N) is 2. The van der Waals surface area contributed by atoms with Crippen LogP contribution in [-0.2, 0) is 4.79 Å². The third-order valence-corrected chi connectivity index (χ3v) is 2.24. The molecular weight excluding hydrogens is 174 g/mol. The molecule has 0 saturated carbocycles. The highest BCUT2D eigenvalue weighted by Gasteiger charge is 2.03. The van der Waals surface area contributed by atoms with Crippen LogP contribution in [0.15, 0.2) is 5.16 Å². The summed E-state index contributed by atoms with van der Waals surface area (Å²) < 4.78 is 0. The van der Waals surface area contributed by atoms with Crippen LogP contribution in [0.5, 0.6) is 0 Å². The largest absolute Gasteiger partial charge is 0.299 e. The van der Waals surface area contributed by atoms with Crippen LogP contribution in [0.4, 0.5) is 0 Å². The molecule has 0 aliphatic heterocycles. The molecule has 0 saturated heterocycles. The third kappa shape index (κ3) is 2.65. The van der Waals surface area contributed by atoms with E-state index in [0.29, 0.717) is 17.3 Å². The molecule has 0 aliphatic carbocycles. The number of carbonyl (C=O) groups excluding carboxylic acids is 1. The second-order valence-electron chi connectivity index (χ2n) is 2.38. The number of rotatable bonds is 4. The van der Waals surface area contributed by atoms with E-state index in [4.69, 9.17) is 0 Å². The fourth-order valence-electron chi connectivity index (χ4n) is 0.634. The molecule has 4 nitrogen and oxygen atoms in total. The van der Waals surface area contributed by atoms with Crippen molar-refractivity contribution >= 4 is 17.5 Å². The average Bonchev–Trinajstić information content (AvgIpc) is 2.47. The Morgan fingerprint density at radius 2 is 2.42 bits per heavy atom. The molecule has 1 aromatic heterocycles. The van der Waals surface area contributed by atoms with Crippen LogP contribution in [0.3, 0.4) is 0 Å². The van der Waals surface area contributed by atoms with Gasteiger partial charge in [-0.1, -0.05) is 18.7 Å². The fraction of sp³-hybridized carbons (Fsp3) is 0.571. The predicted molar refractivity (Wildman–Crippen MR) is 47.1 cm³/mol. The molecule has 5 heteroatoms. The van der Waals surface area contributed by atoms with E-state index in [1.54, 1.807) is 0 Å². The molecule has 12 heavy (non-hydrogen) atoms. The molecule has 66 valence electrons. The maximum Gasteiger partial charge on any atom is 0.208 e. The number of nitrogens with one attached hydrogen (secondary N) is 1. The first-order chi connectivity index (χ1) is 5.72. The first kappa shape index (κ1) is 9.25. The molecule has 0 atom stereocenters. The van der Waals surface area contributed by atoms with Gasteiger partial charge in [-0.15, -0.1) is 5.10 Å².